The SMILES string of the molecule is NC(c1cc2sccc2s1)C1CCOC2(CCSC2)C1. The summed E-state index contributed by atoms with van der Waals surface area (Å²) in [5.74, 6) is 2.99. The first-order valence-corrected chi connectivity index (χ1v) is 10.1. The predicted octanol–water partition coefficient (Wildman–Crippen LogP) is 4.26. The number of rotatable bonds is 2. The number of thioether (sulfide) groups is 1. The molecule has 2 aliphatic rings. The highest BCUT2D eigenvalue weighted by atomic mass is 32.2. The van der Waals surface area contributed by atoms with Crippen LogP contribution >= 0.6 is 34.4 Å². The molecule has 2 saturated heterocycles. The van der Waals surface area contributed by atoms with E-state index in [1.165, 1.54) is 26.5 Å². The van der Waals surface area contributed by atoms with Crippen molar-refractivity contribution >= 4 is 43.8 Å². The van der Waals surface area contributed by atoms with Crippen LogP contribution < -0.4 is 5.73 Å². The molecule has 3 unspecified atom stereocenters. The molecule has 108 valence electrons. The standard InChI is InChI=1S/C15H19NOS3/c16-14(13-7-12-11(20-13)2-5-19-12)10-1-4-17-15(8-10)3-6-18-9-15/h2,5,7,10,14H,1,3-4,6,8-9,16H2. The summed E-state index contributed by atoms with van der Waals surface area (Å²) in [5, 5.41) is 2.16. The summed E-state index contributed by atoms with van der Waals surface area (Å²) < 4.78 is 8.89. The second-order valence-corrected chi connectivity index (χ2v) is 9.08. The molecule has 2 fully saturated rings. The lowest BCUT2D eigenvalue weighted by Crippen LogP contribution is -2.42. The fourth-order valence-electron chi connectivity index (χ4n) is 3.42. The molecular formula is C15H19NOS3. The Morgan fingerprint density at radius 1 is 1.40 bits per heavy atom. The van der Waals surface area contributed by atoms with Crippen LogP contribution in [-0.2, 0) is 4.74 Å². The number of ether oxygens (including phenoxy) is 1. The largest absolute Gasteiger partial charge is 0.374 e. The molecule has 2 aliphatic heterocycles. The second kappa shape index (κ2) is 5.29. The lowest BCUT2D eigenvalue weighted by Gasteiger charge is -2.39. The molecule has 0 radical (unpaired) electrons. The van der Waals surface area contributed by atoms with Crippen LogP contribution in [0.2, 0.25) is 0 Å². The normalized spacial score (nSPS) is 32.1. The van der Waals surface area contributed by atoms with E-state index < -0.39 is 0 Å². The average Bonchev–Trinajstić information content (AvgIpc) is 3.13. The first-order chi connectivity index (χ1) is 9.76. The smallest absolute Gasteiger partial charge is 0.0783 e. The summed E-state index contributed by atoms with van der Waals surface area (Å²) in [7, 11) is 0. The topological polar surface area (TPSA) is 35.2 Å². The minimum atomic E-state index is 0.139. The van der Waals surface area contributed by atoms with Gasteiger partial charge in [0.1, 0.15) is 0 Å². The third-order valence-electron chi connectivity index (χ3n) is 4.59. The van der Waals surface area contributed by atoms with Gasteiger partial charge in [-0.2, -0.15) is 11.8 Å². The predicted molar refractivity (Wildman–Crippen MR) is 90.0 cm³/mol. The van der Waals surface area contributed by atoms with Crippen molar-refractivity contribution in [1.82, 2.24) is 0 Å². The molecule has 3 atom stereocenters. The zero-order chi connectivity index (χ0) is 13.6. The minimum Gasteiger partial charge on any atom is -0.374 e. The van der Waals surface area contributed by atoms with Crippen LogP contribution in [0.15, 0.2) is 17.5 Å². The van der Waals surface area contributed by atoms with E-state index in [4.69, 9.17) is 10.5 Å². The molecule has 0 amide bonds. The first-order valence-electron chi connectivity index (χ1n) is 7.20. The molecule has 4 heterocycles. The summed E-state index contributed by atoms with van der Waals surface area (Å²) in [6, 6.07) is 4.70. The minimum absolute atomic E-state index is 0.139. The van der Waals surface area contributed by atoms with E-state index in [-0.39, 0.29) is 11.6 Å². The van der Waals surface area contributed by atoms with Gasteiger partial charge in [0.15, 0.2) is 0 Å². The summed E-state index contributed by atoms with van der Waals surface area (Å²) in [6.45, 7) is 0.888. The quantitative estimate of drug-likeness (QED) is 0.896. The number of thiophene rings is 2. The third kappa shape index (κ3) is 2.33. The first kappa shape index (κ1) is 13.6. The number of nitrogens with two attached hydrogens (primary N) is 1. The molecule has 4 rings (SSSR count). The van der Waals surface area contributed by atoms with Gasteiger partial charge < -0.3 is 10.5 Å². The van der Waals surface area contributed by atoms with Crippen molar-refractivity contribution < 1.29 is 4.74 Å². The lowest BCUT2D eigenvalue weighted by atomic mass is 9.81. The molecule has 2 nitrogen and oxygen atoms in total. The number of hydrogen-bond acceptors (Lipinski definition) is 5. The molecule has 0 aromatic carbocycles. The van der Waals surface area contributed by atoms with E-state index in [0.717, 1.165) is 25.2 Å². The van der Waals surface area contributed by atoms with Gasteiger partial charge in [-0.15, -0.1) is 22.7 Å². The maximum atomic E-state index is 6.60. The van der Waals surface area contributed by atoms with Crippen LogP contribution in [-0.4, -0.2) is 23.7 Å². The van der Waals surface area contributed by atoms with E-state index in [9.17, 15) is 0 Å². The van der Waals surface area contributed by atoms with Crippen LogP contribution in [0.4, 0.5) is 0 Å². The molecule has 0 saturated carbocycles. The van der Waals surface area contributed by atoms with Gasteiger partial charge >= 0.3 is 0 Å². The van der Waals surface area contributed by atoms with Crippen LogP contribution in [0.1, 0.15) is 30.2 Å². The van der Waals surface area contributed by atoms with Gasteiger partial charge in [0, 0.05) is 32.7 Å². The lowest BCUT2D eigenvalue weighted by molar-refractivity contribution is -0.0832. The zero-order valence-electron chi connectivity index (χ0n) is 11.3. The monoisotopic (exact) mass is 325 g/mol. The van der Waals surface area contributed by atoms with Crippen LogP contribution in [0.5, 0.6) is 0 Å². The summed E-state index contributed by atoms with van der Waals surface area (Å²) in [4.78, 5) is 1.36. The molecule has 2 aromatic rings. The molecular weight excluding hydrogens is 306 g/mol. The molecule has 5 heteroatoms. The van der Waals surface area contributed by atoms with Gasteiger partial charge in [0.2, 0.25) is 0 Å². The fraction of sp³-hybridized carbons (Fsp3) is 0.600. The highest BCUT2D eigenvalue weighted by Crippen LogP contribution is 2.45. The Hall–Kier alpha value is -0.0700. The Balaban J connectivity index is 1.55. The maximum Gasteiger partial charge on any atom is 0.0783 e. The molecule has 0 bridgehead atoms. The van der Waals surface area contributed by atoms with Crippen molar-refractivity contribution in [3.05, 3.63) is 22.4 Å². The highest BCUT2D eigenvalue weighted by molar-refractivity contribution is 7.99. The van der Waals surface area contributed by atoms with E-state index in [1.807, 2.05) is 34.4 Å². The van der Waals surface area contributed by atoms with Crippen LogP contribution in [0.25, 0.3) is 9.40 Å². The van der Waals surface area contributed by atoms with E-state index in [1.54, 1.807) is 0 Å². The number of fused-ring (bicyclic) bond motifs is 1. The van der Waals surface area contributed by atoms with Crippen LogP contribution in [0.3, 0.4) is 0 Å². The van der Waals surface area contributed by atoms with Gasteiger partial charge in [-0.1, -0.05) is 0 Å². The molecule has 2 aromatic heterocycles. The third-order valence-corrected chi connectivity index (χ3v) is 8.01. The van der Waals surface area contributed by atoms with Gasteiger partial charge in [-0.3, -0.25) is 0 Å². The highest BCUT2D eigenvalue weighted by Gasteiger charge is 2.42. The summed E-state index contributed by atoms with van der Waals surface area (Å²) >= 11 is 5.73. The molecule has 1 spiro atoms. The molecule has 0 aliphatic carbocycles. The Morgan fingerprint density at radius 2 is 2.35 bits per heavy atom. The maximum absolute atomic E-state index is 6.60. The Kier molecular flexibility index (Phi) is 3.59. The Labute approximate surface area is 131 Å². The van der Waals surface area contributed by atoms with Crippen molar-refractivity contribution in [1.29, 1.82) is 0 Å². The van der Waals surface area contributed by atoms with Crippen molar-refractivity contribution in [2.24, 2.45) is 11.7 Å². The van der Waals surface area contributed by atoms with Gasteiger partial charge in [-0.25, -0.2) is 0 Å². The zero-order valence-corrected chi connectivity index (χ0v) is 13.8. The van der Waals surface area contributed by atoms with Crippen molar-refractivity contribution in [3.63, 3.8) is 0 Å². The number of hydrogen-bond donors (Lipinski definition) is 1. The summed E-state index contributed by atoms with van der Waals surface area (Å²) in [6.07, 6.45) is 3.46. The van der Waals surface area contributed by atoms with E-state index in [2.05, 4.69) is 17.5 Å². The van der Waals surface area contributed by atoms with Crippen molar-refractivity contribution in [3.8, 4) is 0 Å². The fourth-order valence-corrected chi connectivity index (χ4v) is 7.01. The Morgan fingerprint density at radius 3 is 3.15 bits per heavy atom. The molecule has 20 heavy (non-hydrogen) atoms. The van der Waals surface area contributed by atoms with E-state index >= 15 is 0 Å². The van der Waals surface area contributed by atoms with Gasteiger partial charge in [-0.05, 0) is 48.4 Å². The van der Waals surface area contributed by atoms with Gasteiger partial charge in [0.25, 0.3) is 0 Å². The van der Waals surface area contributed by atoms with Crippen molar-refractivity contribution in [2.45, 2.75) is 30.9 Å². The summed E-state index contributed by atoms with van der Waals surface area (Å²) in [5.41, 5.74) is 6.74. The van der Waals surface area contributed by atoms with Crippen LogP contribution in [0, 0.1) is 5.92 Å². The van der Waals surface area contributed by atoms with Crippen molar-refractivity contribution in [2.75, 3.05) is 18.1 Å². The second-order valence-electron chi connectivity index (χ2n) is 5.91. The average molecular weight is 326 g/mol. The Bertz CT molecular complexity index is 571. The molecule has 2 N–H and O–H groups in total. The van der Waals surface area contributed by atoms with Gasteiger partial charge in [0.05, 0.1) is 5.60 Å². The van der Waals surface area contributed by atoms with E-state index in [0.29, 0.717) is 5.92 Å².